The average Bonchev–Trinajstić information content (AvgIpc) is 3.34. The molecule has 36 heavy (non-hydrogen) atoms. The summed E-state index contributed by atoms with van der Waals surface area (Å²) in [6.45, 7) is 8.16. The van der Waals surface area contributed by atoms with Crippen LogP contribution >= 0.6 is 0 Å². The number of benzene rings is 2. The molecule has 2 aromatic carbocycles. The number of aromatic nitrogens is 3. The monoisotopic (exact) mass is 514 g/mol. The number of carbonyl (C=O) groups is 1. The fraction of sp³-hybridized carbons (Fsp3) is 0.423. The summed E-state index contributed by atoms with van der Waals surface area (Å²) in [4.78, 5) is 11.7. The van der Waals surface area contributed by atoms with Crippen molar-refractivity contribution in [3.8, 4) is 5.75 Å². The average molecular weight is 515 g/mol. The third-order valence-electron chi connectivity index (χ3n) is 6.08. The minimum atomic E-state index is -3.76. The number of fused-ring (bicyclic) bond motifs is 1. The van der Waals surface area contributed by atoms with Crippen LogP contribution in [0.1, 0.15) is 61.9 Å². The standard InChI is InChI=1S/C24H28N4O5S.C2H6/c1-16-7-8-18(19(12-24(29)30)9-10-21-13-25-27-26-21)11-20(16)15-28-14-17(2)33-22-5-3-4-6-23(22)34(28,31)32;1-2/h3-8,11,13,17,19H,9-10,12,14-15H2,1-2H3,(H,29,30)(H,25,26,27);1-2H3/t17-,19?;/m1./s1. The summed E-state index contributed by atoms with van der Waals surface area (Å²) in [5.74, 6) is -0.764. The van der Waals surface area contributed by atoms with Crippen molar-refractivity contribution in [2.75, 3.05) is 6.54 Å². The molecule has 1 unspecified atom stereocenters. The van der Waals surface area contributed by atoms with Crippen LogP contribution in [0.25, 0.3) is 0 Å². The lowest BCUT2D eigenvalue weighted by atomic mass is 9.88. The minimum Gasteiger partial charge on any atom is -0.488 e. The number of sulfonamides is 1. The molecule has 10 heteroatoms. The van der Waals surface area contributed by atoms with Gasteiger partial charge in [-0.3, -0.25) is 4.79 Å². The molecule has 3 aromatic rings. The van der Waals surface area contributed by atoms with Crippen molar-refractivity contribution >= 4 is 16.0 Å². The number of nitrogens with one attached hydrogen (secondary N) is 1. The molecular weight excluding hydrogens is 480 g/mol. The van der Waals surface area contributed by atoms with Gasteiger partial charge in [0.15, 0.2) is 0 Å². The maximum absolute atomic E-state index is 13.4. The van der Waals surface area contributed by atoms with Gasteiger partial charge in [-0.15, -0.1) is 0 Å². The van der Waals surface area contributed by atoms with E-state index in [4.69, 9.17) is 4.74 Å². The van der Waals surface area contributed by atoms with E-state index in [-0.39, 0.29) is 36.4 Å². The Bertz CT molecular complexity index is 1260. The number of aromatic amines is 1. The zero-order chi connectivity index (χ0) is 26.3. The molecule has 0 radical (unpaired) electrons. The molecule has 2 N–H and O–H groups in total. The van der Waals surface area contributed by atoms with Crippen LogP contribution < -0.4 is 4.74 Å². The summed E-state index contributed by atoms with van der Waals surface area (Å²) >= 11 is 0. The van der Waals surface area contributed by atoms with E-state index in [1.54, 1.807) is 30.5 Å². The second kappa shape index (κ2) is 12.1. The van der Waals surface area contributed by atoms with E-state index in [0.717, 1.165) is 22.4 Å². The number of aryl methyl sites for hydroxylation is 2. The Morgan fingerprint density at radius 2 is 2.00 bits per heavy atom. The highest BCUT2D eigenvalue weighted by atomic mass is 32.2. The van der Waals surface area contributed by atoms with Gasteiger partial charge in [-0.05, 0) is 61.4 Å². The zero-order valence-electron chi connectivity index (χ0n) is 21.1. The first kappa shape index (κ1) is 27.3. The van der Waals surface area contributed by atoms with Crippen LogP contribution in [0.15, 0.2) is 53.6 Å². The Balaban J connectivity index is 0.00000176. The number of carboxylic acids is 1. The van der Waals surface area contributed by atoms with Crippen molar-refractivity contribution in [2.24, 2.45) is 0 Å². The van der Waals surface area contributed by atoms with Crippen LogP contribution in [0.3, 0.4) is 0 Å². The van der Waals surface area contributed by atoms with E-state index in [0.29, 0.717) is 18.6 Å². The van der Waals surface area contributed by atoms with Crippen molar-refractivity contribution in [2.45, 2.75) is 70.4 Å². The van der Waals surface area contributed by atoms with Gasteiger partial charge in [-0.25, -0.2) is 8.42 Å². The van der Waals surface area contributed by atoms with Crippen molar-refractivity contribution in [1.82, 2.24) is 19.7 Å². The van der Waals surface area contributed by atoms with E-state index in [2.05, 4.69) is 15.4 Å². The third-order valence-corrected chi connectivity index (χ3v) is 7.93. The van der Waals surface area contributed by atoms with Crippen LogP contribution in [-0.4, -0.2) is 51.9 Å². The summed E-state index contributed by atoms with van der Waals surface area (Å²) in [6.07, 6.45) is 2.46. The Hall–Kier alpha value is -3.24. The molecule has 2 heterocycles. The molecule has 2 atom stereocenters. The molecule has 0 bridgehead atoms. The Morgan fingerprint density at radius 3 is 2.69 bits per heavy atom. The SMILES string of the molecule is CC.Cc1ccc(C(CCc2cn[nH]n2)CC(=O)O)cc1CN1C[C@@H](C)Oc2ccccc2S1(=O)=O. The predicted molar refractivity (Wildman–Crippen MR) is 136 cm³/mol. The molecule has 0 spiro atoms. The van der Waals surface area contributed by atoms with Crippen molar-refractivity contribution in [3.63, 3.8) is 0 Å². The summed E-state index contributed by atoms with van der Waals surface area (Å²) in [5.41, 5.74) is 3.41. The second-order valence-corrected chi connectivity index (χ2v) is 10.6. The molecule has 1 aromatic heterocycles. The van der Waals surface area contributed by atoms with E-state index >= 15 is 0 Å². The number of rotatable bonds is 8. The zero-order valence-corrected chi connectivity index (χ0v) is 22.0. The van der Waals surface area contributed by atoms with Gasteiger partial charge in [0.25, 0.3) is 0 Å². The summed E-state index contributed by atoms with van der Waals surface area (Å²) in [6, 6.07) is 12.5. The molecule has 0 saturated heterocycles. The fourth-order valence-corrected chi connectivity index (χ4v) is 5.87. The first-order valence-corrected chi connectivity index (χ1v) is 13.6. The van der Waals surface area contributed by atoms with Gasteiger partial charge in [0.05, 0.1) is 24.9 Å². The van der Waals surface area contributed by atoms with Crippen LogP contribution in [0, 0.1) is 6.92 Å². The van der Waals surface area contributed by atoms with Gasteiger partial charge >= 0.3 is 5.97 Å². The highest BCUT2D eigenvalue weighted by molar-refractivity contribution is 7.89. The van der Waals surface area contributed by atoms with E-state index in [9.17, 15) is 18.3 Å². The highest BCUT2D eigenvalue weighted by Gasteiger charge is 2.33. The van der Waals surface area contributed by atoms with Crippen LogP contribution in [-0.2, 0) is 27.8 Å². The number of hydrogen-bond donors (Lipinski definition) is 2. The number of para-hydroxylation sites is 1. The molecule has 194 valence electrons. The third kappa shape index (κ3) is 6.50. The molecule has 1 aliphatic rings. The van der Waals surface area contributed by atoms with Gasteiger partial charge in [0.2, 0.25) is 10.0 Å². The molecule has 0 amide bonds. The van der Waals surface area contributed by atoms with Gasteiger partial charge in [0, 0.05) is 6.54 Å². The largest absolute Gasteiger partial charge is 0.488 e. The topological polar surface area (TPSA) is 125 Å². The summed E-state index contributed by atoms with van der Waals surface area (Å²) in [7, 11) is -3.76. The Morgan fingerprint density at radius 1 is 1.25 bits per heavy atom. The highest BCUT2D eigenvalue weighted by Crippen LogP contribution is 2.33. The van der Waals surface area contributed by atoms with E-state index in [1.807, 2.05) is 45.9 Å². The smallest absolute Gasteiger partial charge is 0.303 e. The molecule has 0 aliphatic carbocycles. The first-order chi connectivity index (χ1) is 17.2. The number of ether oxygens (including phenoxy) is 1. The van der Waals surface area contributed by atoms with Crippen molar-refractivity contribution in [3.05, 3.63) is 71.0 Å². The van der Waals surface area contributed by atoms with E-state index < -0.39 is 16.0 Å². The van der Waals surface area contributed by atoms with Crippen LogP contribution in [0.2, 0.25) is 0 Å². The molecule has 1 aliphatic heterocycles. The van der Waals surface area contributed by atoms with Gasteiger partial charge < -0.3 is 9.84 Å². The molecule has 4 rings (SSSR count). The Kier molecular flexibility index (Phi) is 9.22. The second-order valence-electron chi connectivity index (χ2n) is 8.65. The molecule has 0 fully saturated rings. The van der Waals surface area contributed by atoms with Gasteiger partial charge in [-0.2, -0.15) is 19.7 Å². The lowest BCUT2D eigenvalue weighted by Gasteiger charge is -2.23. The quantitative estimate of drug-likeness (QED) is 0.459. The van der Waals surface area contributed by atoms with Gasteiger partial charge in [-0.1, -0.05) is 44.2 Å². The number of hydrogen-bond acceptors (Lipinski definition) is 6. The number of H-pyrrole nitrogens is 1. The lowest BCUT2D eigenvalue weighted by molar-refractivity contribution is -0.137. The summed E-state index contributed by atoms with van der Waals surface area (Å²) < 4.78 is 34.2. The van der Waals surface area contributed by atoms with Crippen molar-refractivity contribution in [1.29, 1.82) is 0 Å². The minimum absolute atomic E-state index is 0.0272. The molecule has 9 nitrogen and oxygen atoms in total. The number of nitrogens with zero attached hydrogens (tertiary/aromatic N) is 3. The normalized spacial score (nSPS) is 17.6. The lowest BCUT2D eigenvalue weighted by Crippen LogP contribution is -2.35. The number of aliphatic carboxylic acids is 1. The summed E-state index contributed by atoms with van der Waals surface area (Å²) in [5, 5.41) is 19.9. The maximum Gasteiger partial charge on any atom is 0.303 e. The molecule has 0 saturated carbocycles. The van der Waals surface area contributed by atoms with Crippen LogP contribution in [0.4, 0.5) is 0 Å². The molecular formula is C26H34N4O5S. The maximum atomic E-state index is 13.4. The Labute approximate surface area is 212 Å². The number of carboxylic acid groups (broad SMARTS) is 1. The van der Waals surface area contributed by atoms with E-state index in [1.165, 1.54) is 4.31 Å². The van der Waals surface area contributed by atoms with Gasteiger partial charge in [0.1, 0.15) is 16.7 Å². The predicted octanol–water partition coefficient (Wildman–Crippen LogP) is 4.30. The van der Waals surface area contributed by atoms with Crippen LogP contribution in [0.5, 0.6) is 5.75 Å². The first-order valence-electron chi connectivity index (χ1n) is 12.2. The van der Waals surface area contributed by atoms with Crippen molar-refractivity contribution < 1.29 is 23.1 Å². The fourth-order valence-electron chi connectivity index (χ4n) is 4.26.